The Morgan fingerprint density at radius 1 is 1.26 bits per heavy atom. The molecule has 1 amide bonds. The summed E-state index contributed by atoms with van der Waals surface area (Å²) >= 11 is 0. The third-order valence-electron chi connectivity index (χ3n) is 5.98. The second kappa shape index (κ2) is 8.93. The molecule has 1 aliphatic carbocycles. The molecule has 1 saturated heterocycles. The van der Waals surface area contributed by atoms with Gasteiger partial charge in [0, 0.05) is 31.6 Å². The minimum Gasteiger partial charge on any atom is -0.493 e. The minimum absolute atomic E-state index is 0.0426. The highest BCUT2D eigenvalue weighted by molar-refractivity contribution is 5.77. The van der Waals surface area contributed by atoms with Crippen molar-refractivity contribution in [3.63, 3.8) is 0 Å². The van der Waals surface area contributed by atoms with E-state index in [2.05, 4.69) is 5.32 Å². The van der Waals surface area contributed by atoms with Crippen LogP contribution in [0.3, 0.4) is 0 Å². The van der Waals surface area contributed by atoms with Crippen LogP contribution in [-0.2, 0) is 9.53 Å². The Kier molecular flexibility index (Phi) is 6.60. The van der Waals surface area contributed by atoms with Gasteiger partial charge in [-0.2, -0.15) is 0 Å². The molecule has 3 rings (SSSR count). The molecule has 6 nitrogen and oxygen atoms in total. The van der Waals surface area contributed by atoms with E-state index in [4.69, 9.17) is 14.2 Å². The summed E-state index contributed by atoms with van der Waals surface area (Å²) in [7, 11) is 3.25. The first-order valence-corrected chi connectivity index (χ1v) is 9.78. The number of methoxy groups -OCH3 is 2. The maximum Gasteiger partial charge on any atom is 0.220 e. The van der Waals surface area contributed by atoms with E-state index in [9.17, 15) is 9.90 Å². The van der Waals surface area contributed by atoms with Crippen molar-refractivity contribution < 1.29 is 24.1 Å². The van der Waals surface area contributed by atoms with E-state index >= 15 is 0 Å². The van der Waals surface area contributed by atoms with Crippen LogP contribution in [0.2, 0.25) is 0 Å². The largest absolute Gasteiger partial charge is 0.493 e. The molecule has 6 heteroatoms. The smallest absolute Gasteiger partial charge is 0.220 e. The summed E-state index contributed by atoms with van der Waals surface area (Å²) in [5.74, 6) is 2.17. The van der Waals surface area contributed by atoms with E-state index in [0.717, 1.165) is 31.2 Å². The van der Waals surface area contributed by atoms with Gasteiger partial charge in [-0.25, -0.2) is 0 Å². The lowest BCUT2D eigenvalue weighted by atomic mass is 9.81. The van der Waals surface area contributed by atoms with Gasteiger partial charge in [0.1, 0.15) is 0 Å². The highest BCUT2D eigenvalue weighted by Crippen LogP contribution is 2.46. The van der Waals surface area contributed by atoms with Gasteiger partial charge in [0.25, 0.3) is 0 Å². The molecule has 0 radical (unpaired) electrons. The average Bonchev–Trinajstić information content (AvgIpc) is 3.56. The van der Waals surface area contributed by atoms with Crippen molar-refractivity contribution in [1.82, 2.24) is 5.32 Å². The summed E-state index contributed by atoms with van der Waals surface area (Å²) in [6, 6.07) is 5.93. The number of amides is 1. The molecule has 1 aromatic rings. The van der Waals surface area contributed by atoms with E-state index in [1.807, 2.05) is 18.2 Å². The Morgan fingerprint density at radius 2 is 1.96 bits per heavy atom. The third kappa shape index (κ3) is 4.93. The molecule has 150 valence electrons. The minimum atomic E-state index is -0.244. The van der Waals surface area contributed by atoms with Crippen LogP contribution in [0.25, 0.3) is 0 Å². The fourth-order valence-electron chi connectivity index (χ4n) is 3.89. The molecule has 1 atom stereocenters. The normalized spacial score (nSPS) is 20.0. The van der Waals surface area contributed by atoms with Crippen LogP contribution in [0.1, 0.15) is 43.6 Å². The molecule has 0 bridgehead atoms. The zero-order valence-electron chi connectivity index (χ0n) is 16.3. The van der Waals surface area contributed by atoms with Crippen LogP contribution >= 0.6 is 0 Å². The number of hydrogen-bond donors (Lipinski definition) is 2. The third-order valence-corrected chi connectivity index (χ3v) is 5.98. The Labute approximate surface area is 161 Å². The van der Waals surface area contributed by atoms with Gasteiger partial charge < -0.3 is 24.6 Å². The molecular formula is C21H31NO5. The van der Waals surface area contributed by atoms with Gasteiger partial charge in [-0.1, -0.05) is 6.07 Å². The van der Waals surface area contributed by atoms with Crippen molar-refractivity contribution in [3.05, 3.63) is 23.8 Å². The molecule has 2 fully saturated rings. The van der Waals surface area contributed by atoms with E-state index < -0.39 is 0 Å². The maximum absolute atomic E-state index is 12.7. The lowest BCUT2D eigenvalue weighted by Gasteiger charge is -2.35. The van der Waals surface area contributed by atoms with Crippen LogP contribution < -0.4 is 14.8 Å². The molecule has 27 heavy (non-hydrogen) atoms. The van der Waals surface area contributed by atoms with E-state index in [0.29, 0.717) is 43.6 Å². The number of carbonyl (C=O) groups is 1. The fourth-order valence-corrected chi connectivity index (χ4v) is 3.89. The predicted molar refractivity (Wildman–Crippen MR) is 102 cm³/mol. The van der Waals surface area contributed by atoms with Crippen LogP contribution in [0.4, 0.5) is 0 Å². The molecule has 2 aliphatic rings. The number of carbonyl (C=O) groups excluding carboxylic acids is 1. The topological polar surface area (TPSA) is 77.0 Å². The van der Waals surface area contributed by atoms with Crippen molar-refractivity contribution in [3.8, 4) is 11.5 Å². The molecule has 1 heterocycles. The molecule has 0 aromatic heterocycles. The summed E-state index contributed by atoms with van der Waals surface area (Å²) in [4.78, 5) is 12.7. The SMILES string of the molecule is COc1ccc(C(CC(=O)NCC2(CO)CCOCC2)C2CC2)cc1OC. The first kappa shape index (κ1) is 20.0. The molecular weight excluding hydrogens is 346 g/mol. The van der Waals surface area contributed by atoms with Crippen LogP contribution in [0, 0.1) is 11.3 Å². The molecule has 1 aliphatic heterocycles. The molecule has 2 N–H and O–H groups in total. The maximum atomic E-state index is 12.7. The number of hydrogen-bond acceptors (Lipinski definition) is 5. The Balaban J connectivity index is 1.63. The van der Waals surface area contributed by atoms with E-state index in [-0.39, 0.29) is 23.8 Å². The Bertz CT molecular complexity index is 637. The van der Waals surface area contributed by atoms with Crippen molar-refractivity contribution in [2.75, 3.05) is 40.6 Å². The monoisotopic (exact) mass is 377 g/mol. The van der Waals surface area contributed by atoms with E-state index in [1.165, 1.54) is 0 Å². The molecule has 0 spiro atoms. The standard InChI is InChI=1S/C21H31NO5/c1-25-18-6-5-16(11-19(18)26-2)17(15-3-4-15)12-20(24)22-13-21(14-23)7-9-27-10-8-21/h5-6,11,15,17,23H,3-4,7-10,12-14H2,1-2H3,(H,22,24). The summed E-state index contributed by atoms with van der Waals surface area (Å²) in [5.41, 5.74) is 0.875. The highest BCUT2D eigenvalue weighted by Gasteiger charge is 2.36. The van der Waals surface area contributed by atoms with Gasteiger partial charge in [-0.3, -0.25) is 4.79 Å². The van der Waals surface area contributed by atoms with Crippen molar-refractivity contribution in [2.45, 2.75) is 38.0 Å². The predicted octanol–water partition coefficient (Wildman–Crippen LogP) is 2.49. The first-order valence-electron chi connectivity index (χ1n) is 9.78. The molecule has 1 saturated carbocycles. The quantitative estimate of drug-likeness (QED) is 0.691. The second-order valence-electron chi connectivity index (χ2n) is 7.81. The van der Waals surface area contributed by atoms with Crippen LogP contribution in [0.15, 0.2) is 18.2 Å². The molecule has 1 aromatic carbocycles. The van der Waals surface area contributed by atoms with Crippen LogP contribution in [-0.4, -0.2) is 51.6 Å². The van der Waals surface area contributed by atoms with Gasteiger partial charge in [0.15, 0.2) is 11.5 Å². The van der Waals surface area contributed by atoms with Crippen molar-refractivity contribution >= 4 is 5.91 Å². The number of rotatable bonds is 9. The second-order valence-corrected chi connectivity index (χ2v) is 7.81. The van der Waals surface area contributed by atoms with Gasteiger partial charge in [0.05, 0.1) is 20.8 Å². The summed E-state index contributed by atoms with van der Waals surface area (Å²) in [6.07, 6.45) is 4.34. The Hall–Kier alpha value is -1.79. The zero-order valence-corrected chi connectivity index (χ0v) is 16.3. The number of nitrogens with one attached hydrogen (secondary N) is 1. The number of aliphatic hydroxyl groups excluding tert-OH is 1. The highest BCUT2D eigenvalue weighted by atomic mass is 16.5. The molecule has 1 unspecified atom stereocenters. The van der Waals surface area contributed by atoms with Gasteiger partial charge in [-0.15, -0.1) is 0 Å². The summed E-state index contributed by atoms with van der Waals surface area (Å²) in [5, 5.41) is 12.9. The Morgan fingerprint density at radius 3 is 2.56 bits per heavy atom. The van der Waals surface area contributed by atoms with Crippen LogP contribution in [0.5, 0.6) is 11.5 Å². The lowest BCUT2D eigenvalue weighted by Crippen LogP contribution is -2.44. The lowest BCUT2D eigenvalue weighted by molar-refractivity contribution is -0.122. The number of benzene rings is 1. The first-order chi connectivity index (χ1) is 13.1. The van der Waals surface area contributed by atoms with Crippen molar-refractivity contribution in [1.29, 1.82) is 0 Å². The van der Waals surface area contributed by atoms with Gasteiger partial charge in [-0.05, 0) is 55.2 Å². The number of aliphatic hydroxyl groups is 1. The average molecular weight is 377 g/mol. The van der Waals surface area contributed by atoms with E-state index in [1.54, 1.807) is 14.2 Å². The van der Waals surface area contributed by atoms with Gasteiger partial charge in [0.2, 0.25) is 5.91 Å². The summed E-state index contributed by atoms with van der Waals surface area (Å²) in [6.45, 7) is 1.88. The van der Waals surface area contributed by atoms with Gasteiger partial charge >= 0.3 is 0 Å². The summed E-state index contributed by atoms with van der Waals surface area (Å²) < 4.78 is 16.1. The van der Waals surface area contributed by atoms with Crippen molar-refractivity contribution in [2.24, 2.45) is 11.3 Å². The zero-order chi connectivity index (χ0) is 19.3. The fraction of sp³-hybridized carbons (Fsp3) is 0.667. The number of ether oxygens (including phenoxy) is 3.